The maximum atomic E-state index is 13.6. The number of carbonyl (C=O) groups excluding carboxylic acids is 2. The second-order valence-electron chi connectivity index (χ2n) is 8.62. The summed E-state index contributed by atoms with van der Waals surface area (Å²) in [5, 5.41) is 0. The molecule has 0 atom stereocenters. The Morgan fingerprint density at radius 1 is 0.875 bits per heavy atom. The Labute approximate surface area is 190 Å². The molecule has 6 heteroatoms. The third-order valence-corrected chi connectivity index (χ3v) is 6.00. The molecule has 0 spiro atoms. The monoisotopic (exact) mass is 433 g/mol. The second-order valence-corrected chi connectivity index (χ2v) is 8.62. The number of anilines is 1. The standard InChI is InChI=1S/C26H31N3O3/c1-5-27-14-16-28(17-15-27)24-23(20-8-12-22(13-9-20)32-18(2)3)25(30)29(26(24)31)21-10-6-19(4)7-11-21/h6-13,18H,5,14-17H2,1-4H3. The van der Waals surface area contributed by atoms with Gasteiger partial charge in [-0.3, -0.25) is 9.59 Å². The van der Waals surface area contributed by atoms with E-state index in [0.717, 1.165) is 49.6 Å². The number of hydrogen-bond donors (Lipinski definition) is 0. The highest BCUT2D eigenvalue weighted by Crippen LogP contribution is 2.35. The number of hydrogen-bond acceptors (Lipinski definition) is 5. The number of imide groups is 1. The van der Waals surface area contributed by atoms with E-state index in [-0.39, 0.29) is 17.9 Å². The lowest BCUT2D eigenvalue weighted by Gasteiger charge is -2.36. The molecule has 2 aliphatic rings. The summed E-state index contributed by atoms with van der Waals surface area (Å²) in [7, 11) is 0. The first-order valence-electron chi connectivity index (χ1n) is 11.3. The molecule has 0 saturated carbocycles. The number of likely N-dealkylation sites (N-methyl/N-ethyl adjacent to an activating group) is 1. The number of rotatable bonds is 6. The lowest BCUT2D eigenvalue weighted by atomic mass is 10.0. The molecule has 1 saturated heterocycles. The van der Waals surface area contributed by atoms with E-state index in [9.17, 15) is 9.59 Å². The average Bonchev–Trinajstić information content (AvgIpc) is 3.05. The molecular weight excluding hydrogens is 402 g/mol. The Morgan fingerprint density at radius 3 is 2.06 bits per heavy atom. The molecule has 0 radical (unpaired) electrons. The van der Waals surface area contributed by atoms with E-state index in [1.165, 1.54) is 4.90 Å². The summed E-state index contributed by atoms with van der Waals surface area (Å²) in [6.07, 6.45) is 0.0669. The molecule has 0 N–H and O–H groups in total. The molecule has 0 unspecified atom stereocenters. The molecule has 4 rings (SSSR count). The molecule has 32 heavy (non-hydrogen) atoms. The van der Waals surface area contributed by atoms with Crippen LogP contribution in [0, 0.1) is 6.92 Å². The van der Waals surface area contributed by atoms with Crippen molar-refractivity contribution in [3.8, 4) is 5.75 Å². The summed E-state index contributed by atoms with van der Waals surface area (Å²) in [6.45, 7) is 12.3. The Balaban J connectivity index is 1.73. The third-order valence-electron chi connectivity index (χ3n) is 6.00. The molecule has 2 amide bonds. The van der Waals surface area contributed by atoms with Crippen molar-refractivity contribution < 1.29 is 14.3 Å². The van der Waals surface area contributed by atoms with Gasteiger partial charge in [0.25, 0.3) is 11.8 Å². The van der Waals surface area contributed by atoms with Crippen molar-refractivity contribution >= 4 is 23.1 Å². The third kappa shape index (κ3) is 4.28. The number of nitrogens with zero attached hydrogens (tertiary/aromatic N) is 3. The van der Waals surface area contributed by atoms with Crippen molar-refractivity contribution in [1.82, 2.24) is 9.80 Å². The van der Waals surface area contributed by atoms with Crippen molar-refractivity contribution in [2.75, 3.05) is 37.6 Å². The molecular formula is C26H31N3O3. The van der Waals surface area contributed by atoms with E-state index in [1.54, 1.807) is 0 Å². The van der Waals surface area contributed by atoms with Crippen LogP contribution in [0.15, 0.2) is 54.2 Å². The van der Waals surface area contributed by atoms with Crippen molar-refractivity contribution in [1.29, 1.82) is 0 Å². The van der Waals surface area contributed by atoms with E-state index >= 15 is 0 Å². The van der Waals surface area contributed by atoms with Crippen LogP contribution in [0.25, 0.3) is 5.57 Å². The maximum absolute atomic E-state index is 13.6. The van der Waals surface area contributed by atoms with Gasteiger partial charge in [-0.25, -0.2) is 4.90 Å². The van der Waals surface area contributed by atoms with Crippen LogP contribution in [-0.2, 0) is 9.59 Å². The van der Waals surface area contributed by atoms with Crippen LogP contribution >= 0.6 is 0 Å². The van der Waals surface area contributed by atoms with Gasteiger partial charge in [-0.05, 0) is 57.1 Å². The lowest BCUT2D eigenvalue weighted by Crippen LogP contribution is -2.47. The first kappa shape index (κ1) is 22.1. The van der Waals surface area contributed by atoms with Gasteiger partial charge >= 0.3 is 0 Å². The predicted molar refractivity (Wildman–Crippen MR) is 126 cm³/mol. The molecule has 6 nitrogen and oxygen atoms in total. The summed E-state index contributed by atoms with van der Waals surface area (Å²) in [5.41, 5.74) is 3.39. The number of carbonyl (C=O) groups is 2. The number of ether oxygens (including phenoxy) is 1. The summed E-state index contributed by atoms with van der Waals surface area (Å²) >= 11 is 0. The molecule has 2 aromatic rings. The summed E-state index contributed by atoms with van der Waals surface area (Å²) in [4.78, 5) is 33.0. The Bertz CT molecular complexity index is 1020. The van der Waals surface area contributed by atoms with Crippen LogP contribution in [0.3, 0.4) is 0 Å². The number of benzene rings is 2. The van der Waals surface area contributed by atoms with E-state index in [4.69, 9.17) is 4.74 Å². The lowest BCUT2D eigenvalue weighted by molar-refractivity contribution is -0.120. The molecule has 2 aromatic carbocycles. The van der Waals surface area contributed by atoms with E-state index < -0.39 is 0 Å². The van der Waals surface area contributed by atoms with Crippen molar-refractivity contribution in [2.24, 2.45) is 0 Å². The van der Waals surface area contributed by atoms with Crippen molar-refractivity contribution in [3.05, 3.63) is 65.4 Å². The number of aryl methyl sites for hydroxylation is 1. The number of piperazine rings is 1. The first-order valence-corrected chi connectivity index (χ1v) is 11.3. The summed E-state index contributed by atoms with van der Waals surface area (Å²) < 4.78 is 5.75. The fourth-order valence-corrected chi connectivity index (χ4v) is 4.26. The minimum absolute atomic E-state index is 0.0669. The van der Waals surface area contributed by atoms with Gasteiger partial charge in [-0.2, -0.15) is 0 Å². The second kappa shape index (κ2) is 9.17. The average molecular weight is 434 g/mol. The zero-order chi connectivity index (χ0) is 22.8. The van der Waals surface area contributed by atoms with E-state index in [2.05, 4.69) is 16.7 Å². The highest BCUT2D eigenvalue weighted by Gasteiger charge is 2.43. The van der Waals surface area contributed by atoms with Gasteiger partial charge in [0, 0.05) is 26.2 Å². The first-order chi connectivity index (χ1) is 15.4. The zero-order valence-corrected chi connectivity index (χ0v) is 19.3. The van der Waals surface area contributed by atoms with Crippen molar-refractivity contribution in [2.45, 2.75) is 33.8 Å². The smallest absolute Gasteiger partial charge is 0.282 e. The van der Waals surface area contributed by atoms with Crippen LogP contribution in [0.1, 0.15) is 31.9 Å². The highest BCUT2D eigenvalue weighted by atomic mass is 16.5. The minimum atomic E-state index is -0.274. The van der Waals surface area contributed by atoms with E-state index in [0.29, 0.717) is 17.0 Å². The fraction of sp³-hybridized carbons (Fsp3) is 0.385. The van der Waals surface area contributed by atoms with Crippen LogP contribution < -0.4 is 9.64 Å². The molecule has 0 bridgehead atoms. The highest BCUT2D eigenvalue weighted by molar-refractivity contribution is 6.45. The zero-order valence-electron chi connectivity index (χ0n) is 19.3. The van der Waals surface area contributed by atoms with Crippen LogP contribution in [0.5, 0.6) is 5.75 Å². The molecule has 0 aliphatic carbocycles. The minimum Gasteiger partial charge on any atom is -0.491 e. The van der Waals surface area contributed by atoms with Gasteiger partial charge < -0.3 is 14.5 Å². The summed E-state index contributed by atoms with van der Waals surface area (Å²) in [5.74, 6) is 0.222. The van der Waals surface area contributed by atoms with Gasteiger partial charge in [-0.15, -0.1) is 0 Å². The number of amides is 2. The quantitative estimate of drug-likeness (QED) is 0.650. The van der Waals surface area contributed by atoms with Gasteiger partial charge in [0.15, 0.2) is 0 Å². The van der Waals surface area contributed by atoms with E-state index in [1.807, 2.05) is 69.3 Å². The normalized spacial score (nSPS) is 17.7. The van der Waals surface area contributed by atoms with Gasteiger partial charge in [-0.1, -0.05) is 36.8 Å². The fourth-order valence-electron chi connectivity index (χ4n) is 4.26. The van der Waals surface area contributed by atoms with Crippen LogP contribution in [-0.4, -0.2) is 60.4 Å². The van der Waals surface area contributed by atoms with Crippen LogP contribution in [0.4, 0.5) is 5.69 Å². The largest absolute Gasteiger partial charge is 0.491 e. The topological polar surface area (TPSA) is 53.1 Å². The van der Waals surface area contributed by atoms with Gasteiger partial charge in [0.05, 0.1) is 17.4 Å². The van der Waals surface area contributed by atoms with Crippen LogP contribution in [0.2, 0.25) is 0 Å². The Kier molecular flexibility index (Phi) is 6.33. The predicted octanol–water partition coefficient (Wildman–Crippen LogP) is 3.70. The van der Waals surface area contributed by atoms with Gasteiger partial charge in [0.2, 0.25) is 0 Å². The molecule has 0 aromatic heterocycles. The van der Waals surface area contributed by atoms with Gasteiger partial charge in [0.1, 0.15) is 11.4 Å². The molecule has 2 heterocycles. The maximum Gasteiger partial charge on any atom is 0.282 e. The summed E-state index contributed by atoms with van der Waals surface area (Å²) in [6, 6.07) is 15.0. The molecule has 1 fully saturated rings. The Hall–Kier alpha value is -3.12. The van der Waals surface area contributed by atoms with Crippen molar-refractivity contribution in [3.63, 3.8) is 0 Å². The SMILES string of the molecule is CCN1CCN(C2=C(c3ccc(OC(C)C)cc3)C(=O)N(c3ccc(C)cc3)C2=O)CC1. The molecule has 168 valence electrons. The Morgan fingerprint density at radius 2 is 1.50 bits per heavy atom. The molecule has 2 aliphatic heterocycles.